The molecule has 2 amide bonds. The molecule has 1 aliphatic carbocycles. The fourth-order valence-corrected chi connectivity index (χ4v) is 4.22. The maximum atomic E-state index is 12.3. The number of nitrogens with zero attached hydrogens (tertiary/aromatic N) is 1. The van der Waals surface area contributed by atoms with Gasteiger partial charge in [0.1, 0.15) is 5.75 Å². The van der Waals surface area contributed by atoms with Crippen LogP contribution in [0.25, 0.3) is 0 Å². The van der Waals surface area contributed by atoms with Crippen LogP contribution in [0.4, 0.5) is 5.69 Å². The van der Waals surface area contributed by atoms with Crippen LogP contribution in [0.15, 0.2) is 18.2 Å². The van der Waals surface area contributed by atoms with Crippen molar-refractivity contribution < 1.29 is 14.3 Å². The Morgan fingerprint density at radius 2 is 1.89 bits per heavy atom. The van der Waals surface area contributed by atoms with Gasteiger partial charge in [0, 0.05) is 31.6 Å². The van der Waals surface area contributed by atoms with Gasteiger partial charge in [0.05, 0.1) is 6.61 Å². The first-order valence-corrected chi connectivity index (χ1v) is 10.9. The number of amides is 2. The third-order valence-corrected chi connectivity index (χ3v) is 6.04. The van der Waals surface area contributed by atoms with Crippen LogP contribution in [0.1, 0.15) is 76.2 Å². The summed E-state index contributed by atoms with van der Waals surface area (Å²) in [4.78, 5) is 25.7. The summed E-state index contributed by atoms with van der Waals surface area (Å²) >= 11 is 0. The van der Waals surface area contributed by atoms with Crippen molar-refractivity contribution >= 4 is 17.5 Å². The first kappa shape index (κ1) is 20.7. The molecule has 0 radical (unpaired) electrons. The summed E-state index contributed by atoms with van der Waals surface area (Å²) in [5, 5.41) is 2.89. The van der Waals surface area contributed by atoms with E-state index in [9.17, 15) is 9.59 Å². The molecule has 1 aliphatic heterocycles. The first-order chi connectivity index (χ1) is 13.6. The third-order valence-electron chi connectivity index (χ3n) is 6.04. The highest BCUT2D eigenvalue weighted by atomic mass is 16.5. The molecule has 2 aliphatic rings. The van der Waals surface area contributed by atoms with Gasteiger partial charge in [-0.3, -0.25) is 9.59 Å². The van der Waals surface area contributed by atoms with Gasteiger partial charge in [-0.25, -0.2) is 0 Å². The number of unbranched alkanes of at least 4 members (excludes halogenated alkanes) is 3. The average Bonchev–Trinajstić information content (AvgIpc) is 2.73. The van der Waals surface area contributed by atoms with Crippen LogP contribution in [0.3, 0.4) is 0 Å². The van der Waals surface area contributed by atoms with E-state index in [1.165, 1.54) is 32.1 Å². The molecule has 0 unspecified atom stereocenters. The molecular weight excluding hydrogens is 352 g/mol. The average molecular weight is 387 g/mol. The van der Waals surface area contributed by atoms with Crippen LogP contribution in [-0.4, -0.2) is 36.4 Å². The topological polar surface area (TPSA) is 58.6 Å². The first-order valence-electron chi connectivity index (χ1n) is 10.9. The minimum atomic E-state index is 0.0876. The van der Waals surface area contributed by atoms with Crippen LogP contribution >= 0.6 is 0 Å². The van der Waals surface area contributed by atoms with Gasteiger partial charge in [0.2, 0.25) is 11.8 Å². The summed E-state index contributed by atoms with van der Waals surface area (Å²) in [5.41, 5.74) is 2.06. The number of rotatable bonds is 9. The minimum absolute atomic E-state index is 0.0876. The Morgan fingerprint density at radius 3 is 2.71 bits per heavy atom. The molecule has 5 heteroatoms. The SMILES string of the molecule is CN(C(=O)CCCCCCOc1ccc2c(c1)CCC(=O)N2)C1CCCCC1. The Labute approximate surface area is 168 Å². The molecule has 1 heterocycles. The Morgan fingerprint density at radius 1 is 1.11 bits per heavy atom. The number of fused-ring (bicyclic) bond motifs is 1. The lowest BCUT2D eigenvalue weighted by atomic mass is 9.94. The zero-order valence-corrected chi connectivity index (χ0v) is 17.2. The summed E-state index contributed by atoms with van der Waals surface area (Å²) in [6, 6.07) is 6.36. The number of anilines is 1. The normalized spacial score (nSPS) is 17.0. The molecule has 154 valence electrons. The highest BCUT2D eigenvalue weighted by molar-refractivity contribution is 5.94. The molecule has 1 aromatic rings. The molecule has 1 aromatic carbocycles. The lowest BCUT2D eigenvalue weighted by molar-refractivity contribution is -0.132. The number of ether oxygens (including phenoxy) is 1. The molecular formula is C23H34N2O3. The number of hydrogen-bond donors (Lipinski definition) is 1. The van der Waals surface area contributed by atoms with Gasteiger partial charge in [-0.05, 0) is 55.9 Å². The van der Waals surface area contributed by atoms with Crippen molar-refractivity contribution in [2.45, 2.75) is 83.1 Å². The number of aryl methyl sites for hydroxylation is 1. The van der Waals surface area contributed by atoms with Crippen molar-refractivity contribution in [1.82, 2.24) is 4.90 Å². The van der Waals surface area contributed by atoms with Gasteiger partial charge >= 0.3 is 0 Å². The molecule has 0 bridgehead atoms. The summed E-state index contributed by atoms with van der Waals surface area (Å²) in [6.45, 7) is 0.696. The van der Waals surface area contributed by atoms with Crippen molar-refractivity contribution in [3.8, 4) is 5.75 Å². The molecule has 1 fully saturated rings. The third kappa shape index (κ3) is 5.98. The Bertz CT molecular complexity index is 668. The number of benzene rings is 1. The standard InChI is InChI=1S/C23H34N2O3/c1-25(19-9-5-4-6-10-19)23(27)11-7-2-3-8-16-28-20-13-14-21-18(17-20)12-15-22(26)24-21/h13-14,17,19H,2-12,15-16H2,1H3,(H,24,26). The predicted molar refractivity (Wildman–Crippen MR) is 112 cm³/mol. The van der Waals surface area contributed by atoms with Crippen LogP contribution in [0.2, 0.25) is 0 Å². The Kier molecular flexibility index (Phi) is 7.75. The zero-order chi connectivity index (χ0) is 19.8. The van der Waals surface area contributed by atoms with E-state index in [2.05, 4.69) is 5.32 Å². The van der Waals surface area contributed by atoms with E-state index in [0.29, 0.717) is 31.4 Å². The van der Waals surface area contributed by atoms with Gasteiger partial charge in [0.25, 0.3) is 0 Å². The summed E-state index contributed by atoms with van der Waals surface area (Å²) < 4.78 is 5.86. The second kappa shape index (κ2) is 10.5. The number of carbonyl (C=O) groups is 2. The maximum absolute atomic E-state index is 12.3. The van der Waals surface area contributed by atoms with E-state index < -0.39 is 0 Å². The largest absolute Gasteiger partial charge is 0.494 e. The quantitative estimate of drug-likeness (QED) is 0.626. The highest BCUT2D eigenvalue weighted by Gasteiger charge is 2.21. The van der Waals surface area contributed by atoms with E-state index in [1.807, 2.05) is 30.1 Å². The van der Waals surface area contributed by atoms with Crippen molar-refractivity contribution in [3.05, 3.63) is 23.8 Å². The van der Waals surface area contributed by atoms with E-state index >= 15 is 0 Å². The van der Waals surface area contributed by atoms with Crippen LogP contribution in [0, 0.1) is 0 Å². The van der Waals surface area contributed by atoms with Gasteiger partial charge < -0.3 is 15.0 Å². The van der Waals surface area contributed by atoms with E-state index in [1.54, 1.807) is 0 Å². The molecule has 1 saturated carbocycles. The molecule has 1 N–H and O–H groups in total. The molecule has 0 aromatic heterocycles. The zero-order valence-electron chi connectivity index (χ0n) is 17.2. The summed E-state index contributed by atoms with van der Waals surface area (Å²) in [7, 11) is 1.98. The van der Waals surface area contributed by atoms with E-state index in [-0.39, 0.29) is 5.91 Å². The second-order valence-electron chi connectivity index (χ2n) is 8.18. The number of carbonyl (C=O) groups excluding carboxylic acids is 2. The van der Waals surface area contributed by atoms with Crippen molar-refractivity contribution in [2.24, 2.45) is 0 Å². The Balaban J connectivity index is 1.26. The molecule has 28 heavy (non-hydrogen) atoms. The van der Waals surface area contributed by atoms with Crippen molar-refractivity contribution in [3.63, 3.8) is 0 Å². The minimum Gasteiger partial charge on any atom is -0.494 e. The van der Waals surface area contributed by atoms with Crippen LogP contribution < -0.4 is 10.1 Å². The fraction of sp³-hybridized carbons (Fsp3) is 0.652. The van der Waals surface area contributed by atoms with E-state index in [0.717, 1.165) is 49.1 Å². The van der Waals surface area contributed by atoms with Gasteiger partial charge in [0.15, 0.2) is 0 Å². The smallest absolute Gasteiger partial charge is 0.224 e. The summed E-state index contributed by atoms with van der Waals surface area (Å²) in [6.07, 6.45) is 12.3. The van der Waals surface area contributed by atoms with E-state index in [4.69, 9.17) is 4.74 Å². The molecule has 0 atom stereocenters. The highest BCUT2D eigenvalue weighted by Crippen LogP contribution is 2.27. The van der Waals surface area contributed by atoms with Crippen LogP contribution in [-0.2, 0) is 16.0 Å². The molecule has 3 rings (SSSR count). The fourth-order valence-electron chi connectivity index (χ4n) is 4.22. The van der Waals surface area contributed by atoms with Crippen molar-refractivity contribution in [2.75, 3.05) is 19.0 Å². The molecule has 0 spiro atoms. The number of hydrogen-bond acceptors (Lipinski definition) is 3. The lowest BCUT2D eigenvalue weighted by Gasteiger charge is -2.31. The molecule has 5 nitrogen and oxygen atoms in total. The van der Waals surface area contributed by atoms with Gasteiger partial charge in [-0.1, -0.05) is 32.1 Å². The lowest BCUT2D eigenvalue weighted by Crippen LogP contribution is -2.38. The molecule has 0 saturated heterocycles. The predicted octanol–water partition coefficient (Wildman–Crippen LogP) is 4.69. The second-order valence-corrected chi connectivity index (χ2v) is 8.18. The van der Waals surface area contributed by atoms with Crippen molar-refractivity contribution in [1.29, 1.82) is 0 Å². The summed E-state index contributed by atoms with van der Waals surface area (Å²) in [5.74, 6) is 1.27. The van der Waals surface area contributed by atoms with Gasteiger partial charge in [-0.2, -0.15) is 0 Å². The Hall–Kier alpha value is -2.04. The number of nitrogens with one attached hydrogen (secondary N) is 1. The van der Waals surface area contributed by atoms with Gasteiger partial charge in [-0.15, -0.1) is 0 Å². The maximum Gasteiger partial charge on any atom is 0.224 e. The monoisotopic (exact) mass is 386 g/mol. The van der Waals surface area contributed by atoms with Crippen LogP contribution in [0.5, 0.6) is 5.75 Å².